The number of hydrogen-bond acceptors (Lipinski definition) is 5. The van der Waals surface area contributed by atoms with E-state index in [0.29, 0.717) is 6.54 Å². The highest BCUT2D eigenvalue weighted by Gasteiger charge is 2.36. The summed E-state index contributed by atoms with van der Waals surface area (Å²) in [6, 6.07) is 4.05. The van der Waals surface area contributed by atoms with Crippen LogP contribution in [0.25, 0.3) is 10.9 Å². The summed E-state index contributed by atoms with van der Waals surface area (Å²) in [6.45, 7) is 8.56. The van der Waals surface area contributed by atoms with Crippen LogP contribution in [0.3, 0.4) is 0 Å². The predicted octanol–water partition coefficient (Wildman–Crippen LogP) is 3.23. The molecule has 9 heteroatoms. The molecule has 148 valence electrons. The van der Waals surface area contributed by atoms with Gasteiger partial charge in [0.25, 0.3) is 0 Å². The number of hydrogen-bond donors (Lipinski definition) is 1. The van der Waals surface area contributed by atoms with Crippen molar-refractivity contribution in [3.63, 3.8) is 0 Å². The summed E-state index contributed by atoms with van der Waals surface area (Å²) in [5.74, 6) is -2.11. The molecule has 0 radical (unpaired) electrons. The van der Waals surface area contributed by atoms with E-state index in [1.807, 2.05) is 0 Å². The van der Waals surface area contributed by atoms with Crippen molar-refractivity contribution in [3.05, 3.63) is 29.8 Å². The second-order valence-electron chi connectivity index (χ2n) is 6.59. The van der Waals surface area contributed by atoms with Crippen molar-refractivity contribution >= 4 is 16.7 Å². The van der Waals surface area contributed by atoms with Gasteiger partial charge in [-0.25, -0.2) is 14.4 Å². The molecule has 0 amide bonds. The van der Waals surface area contributed by atoms with Gasteiger partial charge in [0.2, 0.25) is 5.82 Å². The molecule has 27 heavy (non-hydrogen) atoms. The number of anilines is 1. The number of likely N-dealkylation sites (N-methyl/N-ethyl adjacent to an activating group) is 1. The largest absolute Gasteiger partial charge is 0.451 e. The summed E-state index contributed by atoms with van der Waals surface area (Å²) in [5.41, 5.74) is -0.321. The number of nitrogens with zero attached hydrogens (tertiary/aromatic N) is 4. The number of piperazine rings is 1. The highest BCUT2D eigenvalue weighted by Crippen LogP contribution is 2.31. The van der Waals surface area contributed by atoms with Crippen LogP contribution < -0.4 is 5.32 Å². The SMILES string of the molecule is CCN1CCN(CCCNc2nc(C(F)(F)F)nc3c(F)cccc23)CC1. The maximum absolute atomic E-state index is 13.9. The van der Waals surface area contributed by atoms with Crippen molar-refractivity contribution in [2.45, 2.75) is 19.5 Å². The van der Waals surface area contributed by atoms with Crippen molar-refractivity contribution < 1.29 is 17.6 Å². The third-order valence-corrected chi connectivity index (χ3v) is 4.79. The number of rotatable bonds is 6. The molecule has 2 heterocycles. The molecule has 1 fully saturated rings. The van der Waals surface area contributed by atoms with E-state index in [4.69, 9.17) is 0 Å². The van der Waals surface area contributed by atoms with E-state index in [-0.39, 0.29) is 16.7 Å². The fourth-order valence-electron chi connectivity index (χ4n) is 3.22. The topological polar surface area (TPSA) is 44.3 Å². The second kappa shape index (κ2) is 8.35. The number of fused-ring (bicyclic) bond motifs is 1. The van der Waals surface area contributed by atoms with Crippen LogP contribution in [0.1, 0.15) is 19.2 Å². The summed E-state index contributed by atoms with van der Waals surface area (Å²) < 4.78 is 53.0. The van der Waals surface area contributed by atoms with E-state index in [1.165, 1.54) is 12.1 Å². The molecular weight excluding hydrogens is 362 g/mol. The lowest BCUT2D eigenvalue weighted by Gasteiger charge is -2.34. The zero-order valence-corrected chi connectivity index (χ0v) is 15.2. The first-order valence-corrected chi connectivity index (χ1v) is 9.10. The van der Waals surface area contributed by atoms with Crippen LogP contribution in [0.5, 0.6) is 0 Å². The van der Waals surface area contributed by atoms with Crippen LogP contribution in [0.4, 0.5) is 23.4 Å². The summed E-state index contributed by atoms with van der Waals surface area (Å²) in [7, 11) is 0. The predicted molar refractivity (Wildman–Crippen MR) is 96.2 cm³/mol. The Kier molecular flexibility index (Phi) is 6.11. The monoisotopic (exact) mass is 385 g/mol. The zero-order valence-electron chi connectivity index (χ0n) is 15.2. The Morgan fingerprint density at radius 1 is 1.07 bits per heavy atom. The Hall–Kier alpha value is -2.00. The van der Waals surface area contributed by atoms with E-state index in [2.05, 4.69) is 32.0 Å². The van der Waals surface area contributed by atoms with Gasteiger partial charge in [-0.15, -0.1) is 0 Å². The highest BCUT2D eigenvalue weighted by molar-refractivity contribution is 5.89. The first kappa shape index (κ1) is 19.8. The van der Waals surface area contributed by atoms with Crippen LogP contribution >= 0.6 is 0 Å². The Bertz CT molecular complexity index is 772. The lowest BCUT2D eigenvalue weighted by Crippen LogP contribution is -2.46. The Labute approximate surface area is 155 Å². The minimum Gasteiger partial charge on any atom is -0.369 e. The van der Waals surface area contributed by atoms with Crippen molar-refractivity contribution in [3.8, 4) is 0 Å². The van der Waals surface area contributed by atoms with E-state index in [9.17, 15) is 17.6 Å². The average molecular weight is 385 g/mol. The first-order chi connectivity index (χ1) is 12.9. The average Bonchev–Trinajstić information content (AvgIpc) is 2.65. The maximum atomic E-state index is 13.9. The smallest absolute Gasteiger partial charge is 0.369 e. The van der Waals surface area contributed by atoms with Gasteiger partial charge in [0.15, 0.2) is 0 Å². The van der Waals surface area contributed by atoms with Gasteiger partial charge in [0.05, 0.1) is 0 Å². The van der Waals surface area contributed by atoms with Gasteiger partial charge in [-0.05, 0) is 31.6 Å². The van der Waals surface area contributed by atoms with Crippen molar-refractivity contribution in [1.29, 1.82) is 0 Å². The third kappa shape index (κ3) is 4.84. The quantitative estimate of drug-likeness (QED) is 0.611. The minimum absolute atomic E-state index is 0.0163. The minimum atomic E-state index is -4.73. The summed E-state index contributed by atoms with van der Waals surface area (Å²) in [5, 5.41) is 3.18. The van der Waals surface area contributed by atoms with Gasteiger partial charge in [-0.1, -0.05) is 13.0 Å². The second-order valence-corrected chi connectivity index (χ2v) is 6.59. The van der Waals surface area contributed by atoms with Crippen molar-refractivity contribution in [2.75, 3.05) is 51.1 Å². The van der Waals surface area contributed by atoms with Crippen molar-refractivity contribution in [1.82, 2.24) is 19.8 Å². The molecule has 1 saturated heterocycles. The van der Waals surface area contributed by atoms with Gasteiger partial charge in [-0.2, -0.15) is 13.2 Å². The van der Waals surface area contributed by atoms with Gasteiger partial charge in [-0.3, -0.25) is 0 Å². The molecule has 0 bridgehead atoms. The fraction of sp³-hybridized carbons (Fsp3) is 0.556. The van der Waals surface area contributed by atoms with Crippen molar-refractivity contribution in [2.24, 2.45) is 0 Å². The Morgan fingerprint density at radius 3 is 2.44 bits per heavy atom. The lowest BCUT2D eigenvalue weighted by atomic mass is 10.2. The number of halogens is 4. The highest BCUT2D eigenvalue weighted by atomic mass is 19.4. The number of aromatic nitrogens is 2. The van der Waals surface area contributed by atoms with E-state index in [0.717, 1.165) is 51.8 Å². The molecule has 1 N–H and O–H groups in total. The van der Waals surface area contributed by atoms with Gasteiger partial charge >= 0.3 is 6.18 Å². The summed E-state index contributed by atoms with van der Waals surface area (Å²) in [4.78, 5) is 11.7. The normalized spacial score (nSPS) is 16.8. The Morgan fingerprint density at radius 2 is 1.78 bits per heavy atom. The molecular formula is C18H23F4N5. The van der Waals surface area contributed by atoms with Gasteiger partial charge in [0, 0.05) is 38.1 Å². The number of alkyl halides is 3. The molecule has 1 aliphatic heterocycles. The molecule has 0 unspecified atom stereocenters. The van der Waals surface area contributed by atoms with Crippen LogP contribution in [0.15, 0.2) is 18.2 Å². The molecule has 1 aliphatic rings. The molecule has 5 nitrogen and oxygen atoms in total. The molecule has 0 saturated carbocycles. The molecule has 0 atom stereocenters. The molecule has 3 rings (SSSR count). The fourth-order valence-corrected chi connectivity index (χ4v) is 3.22. The van der Waals surface area contributed by atoms with Gasteiger partial charge in [0.1, 0.15) is 17.2 Å². The van der Waals surface area contributed by atoms with Crippen LogP contribution in [-0.4, -0.2) is 65.6 Å². The molecule has 1 aromatic carbocycles. The number of benzene rings is 1. The van der Waals surface area contributed by atoms with Crippen LogP contribution in [0, 0.1) is 5.82 Å². The zero-order chi connectivity index (χ0) is 19.4. The van der Waals surface area contributed by atoms with E-state index < -0.39 is 17.8 Å². The molecule has 0 spiro atoms. The third-order valence-electron chi connectivity index (χ3n) is 4.79. The number of nitrogens with one attached hydrogen (secondary N) is 1. The standard InChI is InChI=1S/C18H23F4N5/c1-2-26-9-11-27(12-10-26)8-4-7-23-16-13-5-3-6-14(19)15(13)24-17(25-16)18(20,21)22/h3,5-6H,2,4,7-12H2,1H3,(H,23,24,25). The van der Waals surface area contributed by atoms with E-state index >= 15 is 0 Å². The van der Waals surface area contributed by atoms with E-state index in [1.54, 1.807) is 0 Å². The molecule has 1 aromatic heterocycles. The summed E-state index contributed by atoms with van der Waals surface area (Å²) >= 11 is 0. The first-order valence-electron chi connectivity index (χ1n) is 9.10. The Balaban J connectivity index is 1.65. The van der Waals surface area contributed by atoms with Crippen LogP contribution in [0.2, 0.25) is 0 Å². The van der Waals surface area contributed by atoms with Crippen LogP contribution in [-0.2, 0) is 6.18 Å². The van der Waals surface area contributed by atoms with Gasteiger partial charge < -0.3 is 15.1 Å². The molecule has 2 aromatic rings. The number of para-hydroxylation sites is 1. The lowest BCUT2D eigenvalue weighted by molar-refractivity contribution is -0.144. The molecule has 0 aliphatic carbocycles. The maximum Gasteiger partial charge on any atom is 0.451 e. The summed E-state index contributed by atoms with van der Waals surface area (Å²) in [6.07, 6.45) is -3.97.